The van der Waals surface area contributed by atoms with E-state index in [0.29, 0.717) is 18.9 Å². The lowest BCUT2D eigenvalue weighted by Gasteiger charge is -2.18. The number of benzene rings is 1. The van der Waals surface area contributed by atoms with Crippen molar-refractivity contribution in [3.05, 3.63) is 52.2 Å². The van der Waals surface area contributed by atoms with E-state index < -0.39 is 16.0 Å². The highest BCUT2D eigenvalue weighted by molar-refractivity contribution is 7.89. The van der Waals surface area contributed by atoms with Crippen LogP contribution < -0.4 is 0 Å². The molecule has 8 nitrogen and oxygen atoms in total. The largest absolute Gasteiger partial charge is 0.452 e. The van der Waals surface area contributed by atoms with Crippen LogP contribution in [-0.4, -0.2) is 41.9 Å². The molecule has 0 fully saturated rings. The van der Waals surface area contributed by atoms with Crippen LogP contribution in [-0.2, 0) is 21.4 Å². The molecule has 0 saturated carbocycles. The summed E-state index contributed by atoms with van der Waals surface area (Å²) >= 11 is 7.53. The van der Waals surface area contributed by atoms with Gasteiger partial charge in [0, 0.05) is 13.1 Å². The van der Waals surface area contributed by atoms with Gasteiger partial charge in [0.25, 0.3) is 5.89 Å². The van der Waals surface area contributed by atoms with E-state index in [9.17, 15) is 13.2 Å². The molecule has 1 aromatic carbocycles. The number of hydrogen-bond donors (Lipinski definition) is 0. The number of halogens is 1. The lowest BCUT2D eigenvalue weighted by atomic mass is 10.2. The van der Waals surface area contributed by atoms with E-state index in [0.717, 1.165) is 4.88 Å². The summed E-state index contributed by atoms with van der Waals surface area (Å²) in [5.74, 6) is -0.274. The van der Waals surface area contributed by atoms with Crippen molar-refractivity contribution < 1.29 is 22.5 Å². The van der Waals surface area contributed by atoms with Crippen molar-refractivity contribution in [1.29, 1.82) is 0 Å². The second-order valence-electron chi connectivity index (χ2n) is 5.80. The normalized spacial score (nSPS) is 11.7. The zero-order valence-corrected chi connectivity index (χ0v) is 18.1. The first kappa shape index (κ1) is 21.4. The van der Waals surface area contributed by atoms with Crippen LogP contribution >= 0.6 is 22.9 Å². The van der Waals surface area contributed by atoms with Crippen LogP contribution in [0.2, 0.25) is 5.02 Å². The Morgan fingerprint density at radius 3 is 2.69 bits per heavy atom. The SMILES string of the molecule is CCN(CC)S(=O)(=O)c1ccc(Cl)c(C(=O)OCc2nc(-c3cccs3)no2)c1. The molecule has 0 N–H and O–H groups in total. The predicted octanol–water partition coefficient (Wildman–Crippen LogP) is 3.84. The molecular weight excluding hydrogens is 438 g/mol. The van der Waals surface area contributed by atoms with Crippen LogP contribution in [0.4, 0.5) is 0 Å². The van der Waals surface area contributed by atoms with E-state index in [4.69, 9.17) is 20.9 Å². The second kappa shape index (κ2) is 9.04. The van der Waals surface area contributed by atoms with Crippen LogP contribution in [0.3, 0.4) is 0 Å². The Balaban J connectivity index is 1.76. The molecule has 3 rings (SSSR count). The van der Waals surface area contributed by atoms with Crippen molar-refractivity contribution in [1.82, 2.24) is 14.4 Å². The molecule has 2 heterocycles. The fraction of sp³-hybridized carbons (Fsp3) is 0.278. The fourth-order valence-electron chi connectivity index (χ4n) is 2.56. The minimum absolute atomic E-state index is 0.0321. The Labute approximate surface area is 177 Å². The second-order valence-corrected chi connectivity index (χ2v) is 9.09. The number of aromatic nitrogens is 2. The first-order valence-electron chi connectivity index (χ1n) is 8.70. The Morgan fingerprint density at radius 1 is 1.28 bits per heavy atom. The Morgan fingerprint density at radius 2 is 2.03 bits per heavy atom. The van der Waals surface area contributed by atoms with Crippen LogP contribution in [0.5, 0.6) is 0 Å². The molecule has 0 amide bonds. The lowest BCUT2D eigenvalue weighted by molar-refractivity contribution is 0.0429. The van der Waals surface area contributed by atoms with Gasteiger partial charge in [-0.15, -0.1) is 11.3 Å². The zero-order chi connectivity index (χ0) is 21.0. The van der Waals surface area contributed by atoms with Gasteiger partial charge in [0.1, 0.15) is 0 Å². The zero-order valence-electron chi connectivity index (χ0n) is 15.7. The topological polar surface area (TPSA) is 103 Å². The number of rotatable bonds is 8. The Bertz CT molecular complexity index is 1090. The summed E-state index contributed by atoms with van der Waals surface area (Å²) in [6.07, 6.45) is 0. The number of nitrogens with zero attached hydrogens (tertiary/aromatic N) is 3. The number of sulfonamides is 1. The quantitative estimate of drug-likeness (QED) is 0.475. The summed E-state index contributed by atoms with van der Waals surface area (Å²) in [7, 11) is -3.74. The van der Waals surface area contributed by atoms with Gasteiger partial charge < -0.3 is 9.26 Å². The van der Waals surface area contributed by atoms with Crippen molar-refractivity contribution >= 4 is 38.9 Å². The Hall–Kier alpha value is -2.27. The number of carbonyl (C=O) groups is 1. The highest BCUT2D eigenvalue weighted by atomic mass is 35.5. The summed E-state index contributed by atoms with van der Waals surface area (Å²) in [4.78, 5) is 17.4. The van der Waals surface area contributed by atoms with Gasteiger partial charge in [-0.3, -0.25) is 0 Å². The van der Waals surface area contributed by atoms with E-state index in [-0.39, 0.29) is 28.0 Å². The molecule has 154 valence electrons. The third kappa shape index (κ3) is 4.67. The summed E-state index contributed by atoms with van der Waals surface area (Å²) in [5.41, 5.74) is -0.0575. The fourth-order valence-corrected chi connectivity index (χ4v) is 4.89. The van der Waals surface area contributed by atoms with Crippen LogP contribution in [0.15, 0.2) is 45.1 Å². The van der Waals surface area contributed by atoms with E-state index in [1.165, 1.54) is 33.8 Å². The summed E-state index contributed by atoms with van der Waals surface area (Å²) in [5, 5.41) is 5.80. The van der Waals surface area contributed by atoms with Gasteiger partial charge in [0.15, 0.2) is 6.61 Å². The van der Waals surface area contributed by atoms with Crippen LogP contribution in [0, 0.1) is 0 Å². The summed E-state index contributed by atoms with van der Waals surface area (Å²) in [6.45, 7) is 3.83. The van der Waals surface area contributed by atoms with E-state index in [2.05, 4.69) is 10.1 Å². The molecule has 0 aliphatic rings. The van der Waals surface area contributed by atoms with Crippen molar-refractivity contribution in [3.63, 3.8) is 0 Å². The highest BCUT2D eigenvalue weighted by Gasteiger charge is 2.24. The van der Waals surface area contributed by atoms with Gasteiger partial charge in [-0.1, -0.05) is 36.7 Å². The minimum atomic E-state index is -3.74. The molecule has 0 bridgehead atoms. The van der Waals surface area contributed by atoms with Gasteiger partial charge in [0.05, 0.1) is 20.4 Å². The third-order valence-corrected chi connectivity index (χ3v) is 7.28. The van der Waals surface area contributed by atoms with Gasteiger partial charge in [0.2, 0.25) is 15.8 Å². The lowest BCUT2D eigenvalue weighted by Crippen LogP contribution is -2.30. The number of carbonyl (C=O) groups excluding carboxylic acids is 1. The number of hydrogen-bond acceptors (Lipinski definition) is 8. The standard InChI is InChI=1S/C18H18ClN3O5S2/c1-3-22(4-2)29(24,25)12-7-8-14(19)13(10-12)18(23)26-11-16-20-17(21-27-16)15-6-5-9-28-15/h5-10H,3-4,11H2,1-2H3. The van der Waals surface area contributed by atoms with Crippen LogP contribution in [0.1, 0.15) is 30.1 Å². The average Bonchev–Trinajstić information content (AvgIpc) is 3.38. The van der Waals surface area contributed by atoms with Crippen molar-refractivity contribution in [3.8, 4) is 10.7 Å². The van der Waals surface area contributed by atoms with Crippen molar-refractivity contribution in [2.24, 2.45) is 0 Å². The first-order chi connectivity index (χ1) is 13.9. The van der Waals surface area contributed by atoms with Gasteiger partial charge in [-0.25, -0.2) is 13.2 Å². The molecule has 0 atom stereocenters. The molecule has 0 aliphatic carbocycles. The molecule has 0 aliphatic heterocycles. The van der Waals surface area contributed by atoms with Crippen molar-refractivity contribution in [2.75, 3.05) is 13.1 Å². The van der Waals surface area contributed by atoms with Gasteiger partial charge >= 0.3 is 5.97 Å². The van der Waals surface area contributed by atoms with E-state index >= 15 is 0 Å². The maximum Gasteiger partial charge on any atom is 0.340 e. The number of esters is 1. The first-order valence-corrected chi connectivity index (χ1v) is 11.4. The van der Waals surface area contributed by atoms with Gasteiger partial charge in [-0.05, 0) is 29.6 Å². The van der Waals surface area contributed by atoms with E-state index in [1.54, 1.807) is 13.8 Å². The van der Waals surface area contributed by atoms with E-state index in [1.807, 2.05) is 17.5 Å². The molecule has 0 spiro atoms. The summed E-state index contributed by atoms with van der Waals surface area (Å²) < 4.78 is 36.9. The molecule has 0 radical (unpaired) electrons. The van der Waals surface area contributed by atoms with Gasteiger partial charge in [-0.2, -0.15) is 9.29 Å². The highest BCUT2D eigenvalue weighted by Crippen LogP contribution is 2.25. The molecule has 3 aromatic rings. The third-order valence-electron chi connectivity index (χ3n) is 4.04. The van der Waals surface area contributed by atoms with Crippen molar-refractivity contribution in [2.45, 2.75) is 25.3 Å². The maximum absolute atomic E-state index is 12.7. The molecular formula is C18H18ClN3O5S2. The monoisotopic (exact) mass is 455 g/mol. The molecule has 29 heavy (non-hydrogen) atoms. The minimum Gasteiger partial charge on any atom is -0.452 e. The molecule has 0 saturated heterocycles. The number of thiophene rings is 1. The molecule has 0 unspecified atom stereocenters. The number of ether oxygens (including phenoxy) is 1. The predicted molar refractivity (Wildman–Crippen MR) is 108 cm³/mol. The maximum atomic E-state index is 12.7. The summed E-state index contributed by atoms with van der Waals surface area (Å²) in [6, 6.07) is 7.63. The Kier molecular flexibility index (Phi) is 6.68. The molecule has 2 aromatic heterocycles. The average molecular weight is 456 g/mol. The molecule has 11 heteroatoms. The van der Waals surface area contributed by atoms with Crippen LogP contribution in [0.25, 0.3) is 10.7 Å². The smallest absolute Gasteiger partial charge is 0.340 e.